The zero-order valence-electron chi connectivity index (χ0n) is 9.35. The molecule has 0 aliphatic heterocycles. The first-order valence-electron chi connectivity index (χ1n) is 5.20. The van der Waals surface area contributed by atoms with E-state index in [1.54, 1.807) is 0 Å². The lowest BCUT2D eigenvalue weighted by molar-refractivity contribution is 0.0382. The van der Waals surface area contributed by atoms with Crippen molar-refractivity contribution < 1.29 is 24.5 Å². The highest BCUT2D eigenvalue weighted by Gasteiger charge is 2.15. The Bertz CT molecular complexity index is 741. The molecule has 19 heavy (non-hydrogen) atoms. The zero-order chi connectivity index (χ0) is 13.4. The largest absolute Gasteiger partial charge is 0.492 e. The molecule has 0 aliphatic carbocycles. The van der Waals surface area contributed by atoms with Crippen LogP contribution in [0.3, 0.4) is 0 Å². The molecular formula is C11H7N3O5. The van der Waals surface area contributed by atoms with E-state index in [-0.39, 0.29) is 5.56 Å². The molecule has 8 nitrogen and oxygen atoms in total. The molecule has 0 radical (unpaired) electrons. The van der Waals surface area contributed by atoms with Crippen LogP contribution in [0.5, 0.6) is 11.8 Å². The van der Waals surface area contributed by atoms with Crippen LogP contribution in [0.4, 0.5) is 0 Å². The second-order valence-corrected chi connectivity index (χ2v) is 3.69. The fraction of sp³-hybridized carbons (Fsp3) is 0. The van der Waals surface area contributed by atoms with Gasteiger partial charge in [0.15, 0.2) is 0 Å². The summed E-state index contributed by atoms with van der Waals surface area (Å²) >= 11 is 0. The molecule has 0 spiro atoms. The predicted molar refractivity (Wildman–Crippen MR) is 60.5 cm³/mol. The first-order chi connectivity index (χ1) is 9.15. The van der Waals surface area contributed by atoms with Gasteiger partial charge in [-0.2, -0.15) is 0 Å². The van der Waals surface area contributed by atoms with Crippen molar-refractivity contribution in [3.05, 3.63) is 35.9 Å². The first kappa shape index (κ1) is 11.1. The maximum absolute atomic E-state index is 11.8. The molecule has 2 N–H and O–H groups in total. The number of carbonyl (C=O) groups excluding carboxylic acids is 1. The quantitative estimate of drug-likeness (QED) is 0.698. The van der Waals surface area contributed by atoms with Gasteiger partial charge in [0.05, 0.1) is 5.56 Å². The third kappa shape index (κ3) is 1.84. The predicted octanol–water partition coefficient (Wildman–Crippen LogP) is 0.704. The van der Waals surface area contributed by atoms with Gasteiger partial charge in [0.25, 0.3) is 0 Å². The minimum absolute atomic E-state index is 0.177. The van der Waals surface area contributed by atoms with Gasteiger partial charge < -0.3 is 15.1 Å². The average Bonchev–Trinajstić information content (AvgIpc) is 2.99. The van der Waals surface area contributed by atoms with Crippen LogP contribution in [-0.2, 0) is 0 Å². The number of hydrogen-bond acceptors (Lipinski definition) is 7. The highest BCUT2D eigenvalue weighted by Crippen LogP contribution is 2.19. The van der Waals surface area contributed by atoms with Gasteiger partial charge in [-0.05, 0) is 28.5 Å². The van der Waals surface area contributed by atoms with Crippen molar-refractivity contribution in [2.24, 2.45) is 0 Å². The summed E-state index contributed by atoms with van der Waals surface area (Å²) in [5.74, 6) is -1.56. The molecule has 0 bridgehead atoms. The van der Waals surface area contributed by atoms with E-state index in [1.807, 2.05) is 0 Å². The molecule has 3 rings (SSSR count). The number of carbonyl (C=O) groups is 1. The average molecular weight is 261 g/mol. The van der Waals surface area contributed by atoms with Gasteiger partial charge in [-0.3, -0.25) is 0 Å². The van der Waals surface area contributed by atoms with E-state index in [1.165, 1.54) is 30.3 Å². The smallest absolute Gasteiger partial charge is 0.364 e. The molecule has 96 valence electrons. The van der Waals surface area contributed by atoms with Crippen LogP contribution < -0.4 is 4.84 Å². The lowest BCUT2D eigenvalue weighted by Gasteiger charge is -2.06. The maximum Gasteiger partial charge on any atom is 0.364 e. The van der Waals surface area contributed by atoms with Crippen molar-refractivity contribution in [3.8, 4) is 11.8 Å². The Kier molecular flexibility index (Phi) is 2.34. The van der Waals surface area contributed by atoms with Crippen LogP contribution in [0, 0.1) is 0 Å². The normalized spacial score (nSPS) is 10.7. The second-order valence-electron chi connectivity index (χ2n) is 3.69. The standard InChI is InChI=1S/C11H7N3O5/c15-9-3-4-10(16)14(9)18-11(17)6-1-2-7-8(5-6)13-19-12-7/h1-5,15-16H. The maximum atomic E-state index is 11.8. The molecular weight excluding hydrogens is 254 g/mol. The minimum atomic E-state index is -0.772. The second kappa shape index (κ2) is 4.02. The van der Waals surface area contributed by atoms with Gasteiger partial charge in [-0.1, -0.05) is 0 Å². The summed E-state index contributed by atoms with van der Waals surface area (Å²) in [6, 6.07) is 6.80. The van der Waals surface area contributed by atoms with Crippen LogP contribution in [0.25, 0.3) is 11.0 Å². The highest BCUT2D eigenvalue weighted by molar-refractivity contribution is 5.93. The molecule has 2 heterocycles. The van der Waals surface area contributed by atoms with Gasteiger partial charge in [0, 0.05) is 12.1 Å². The number of aromatic nitrogens is 3. The van der Waals surface area contributed by atoms with Gasteiger partial charge in [-0.15, -0.1) is 4.73 Å². The third-order valence-corrected chi connectivity index (χ3v) is 2.46. The Hall–Kier alpha value is -3.03. The highest BCUT2D eigenvalue weighted by atomic mass is 16.7. The summed E-state index contributed by atoms with van der Waals surface area (Å²) in [5, 5.41) is 25.9. The Morgan fingerprint density at radius 3 is 2.53 bits per heavy atom. The van der Waals surface area contributed by atoms with Crippen LogP contribution >= 0.6 is 0 Å². The van der Waals surface area contributed by atoms with Crippen molar-refractivity contribution in [2.75, 3.05) is 0 Å². The lowest BCUT2D eigenvalue weighted by Crippen LogP contribution is -2.19. The Morgan fingerprint density at radius 2 is 1.79 bits per heavy atom. The van der Waals surface area contributed by atoms with Crippen LogP contribution in [0.1, 0.15) is 10.4 Å². The number of fused-ring (bicyclic) bond motifs is 1. The topological polar surface area (TPSA) is 111 Å². The number of nitrogens with zero attached hydrogens (tertiary/aromatic N) is 3. The van der Waals surface area contributed by atoms with E-state index in [4.69, 9.17) is 4.84 Å². The molecule has 1 aromatic carbocycles. The molecule has 0 saturated carbocycles. The molecule has 0 unspecified atom stereocenters. The van der Waals surface area contributed by atoms with Crippen LogP contribution in [0.2, 0.25) is 0 Å². The number of aromatic hydroxyl groups is 2. The van der Waals surface area contributed by atoms with Crippen molar-refractivity contribution >= 4 is 17.0 Å². The summed E-state index contributed by atoms with van der Waals surface area (Å²) in [5.41, 5.74) is 1.08. The molecule has 3 aromatic rings. The summed E-state index contributed by atoms with van der Waals surface area (Å²) in [6.45, 7) is 0. The monoisotopic (exact) mass is 261 g/mol. The van der Waals surface area contributed by atoms with Crippen molar-refractivity contribution in [3.63, 3.8) is 0 Å². The molecule has 8 heteroatoms. The summed E-state index contributed by atoms with van der Waals surface area (Å²) < 4.78 is 5.11. The van der Waals surface area contributed by atoms with E-state index in [9.17, 15) is 15.0 Å². The molecule has 0 fully saturated rings. The van der Waals surface area contributed by atoms with Gasteiger partial charge in [0.1, 0.15) is 11.0 Å². The van der Waals surface area contributed by atoms with E-state index in [0.29, 0.717) is 15.8 Å². The molecule has 2 aromatic heterocycles. The van der Waals surface area contributed by atoms with E-state index >= 15 is 0 Å². The Labute approximate surface area is 105 Å². The fourth-order valence-electron chi connectivity index (χ4n) is 1.54. The minimum Gasteiger partial charge on any atom is -0.492 e. The fourth-order valence-corrected chi connectivity index (χ4v) is 1.54. The van der Waals surface area contributed by atoms with Crippen molar-refractivity contribution in [1.29, 1.82) is 0 Å². The van der Waals surface area contributed by atoms with Gasteiger partial charge in [0.2, 0.25) is 11.8 Å². The van der Waals surface area contributed by atoms with Gasteiger partial charge in [-0.25, -0.2) is 9.42 Å². The SMILES string of the molecule is O=C(On1c(O)ccc1O)c1ccc2nonc2c1. The van der Waals surface area contributed by atoms with Crippen LogP contribution in [-0.4, -0.2) is 31.2 Å². The lowest BCUT2D eigenvalue weighted by atomic mass is 10.2. The van der Waals surface area contributed by atoms with E-state index < -0.39 is 17.7 Å². The molecule has 0 aliphatic rings. The third-order valence-electron chi connectivity index (χ3n) is 2.46. The number of hydrogen-bond donors (Lipinski definition) is 2. The Morgan fingerprint density at radius 1 is 1.11 bits per heavy atom. The van der Waals surface area contributed by atoms with Gasteiger partial charge >= 0.3 is 5.97 Å². The zero-order valence-corrected chi connectivity index (χ0v) is 9.35. The number of benzene rings is 1. The summed E-state index contributed by atoms with van der Waals surface area (Å²) in [4.78, 5) is 16.7. The molecule has 0 saturated heterocycles. The molecule has 0 amide bonds. The van der Waals surface area contributed by atoms with Crippen molar-refractivity contribution in [2.45, 2.75) is 0 Å². The van der Waals surface area contributed by atoms with Crippen molar-refractivity contribution in [1.82, 2.24) is 15.0 Å². The Balaban J connectivity index is 1.91. The first-order valence-corrected chi connectivity index (χ1v) is 5.20. The number of rotatable bonds is 2. The summed E-state index contributed by atoms with van der Waals surface area (Å²) in [7, 11) is 0. The van der Waals surface area contributed by atoms with E-state index in [0.717, 1.165) is 0 Å². The molecule has 0 atom stereocenters. The van der Waals surface area contributed by atoms with E-state index in [2.05, 4.69) is 14.9 Å². The van der Waals surface area contributed by atoms with Crippen LogP contribution in [0.15, 0.2) is 35.0 Å². The summed E-state index contributed by atoms with van der Waals surface area (Å²) in [6.07, 6.45) is 0.